The van der Waals surface area contributed by atoms with Crippen molar-refractivity contribution in [3.8, 4) is 0 Å². The van der Waals surface area contributed by atoms with Crippen molar-refractivity contribution in [3.63, 3.8) is 0 Å². The van der Waals surface area contributed by atoms with E-state index in [1.165, 1.54) is 6.07 Å². The van der Waals surface area contributed by atoms with Gasteiger partial charge in [-0.05, 0) is 34.8 Å². The van der Waals surface area contributed by atoms with E-state index in [1.54, 1.807) is 6.07 Å². The maximum absolute atomic E-state index is 11.6. The fourth-order valence-electron chi connectivity index (χ4n) is 1.72. The number of hydrogen-bond donors (Lipinski definition) is 2. The molecule has 0 spiro atoms. The number of carbonyl (C=O) groups excluding carboxylic acids is 1. The van der Waals surface area contributed by atoms with Crippen LogP contribution < -0.4 is 10.6 Å². The van der Waals surface area contributed by atoms with E-state index in [2.05, 4.69) is 26.6 Å². The number of carbonyl (C=O) groups is 1. The van der Waals surface area contributed by atoms with Crippen molar-refractivity contribution >= 4 is 27.5 Å². The minimum Gasteiger partial charge on any atom is -0.354 e. The highest BCUT2D eigenvalue weighted by Crippen LogP contribution is 2.27. The molecule has 0 aromatic heterocycles. The molecule has 1 atom stereocenters. The Morgan fingerprint density at radius 2 is 2.19 bits per heavy atom. The lowest BCUT2D eigenvalue weighted by molar-refractivity contribution is -0.385. The molecule has 0 aliphatic heterocycles. The molecular formula is C14H20BrN3O3. The summed E-state index contributed by atoms with van der Waals surface area (Å²) in [6.07, 6.45) is 1.29. The summed E-state index contributed by atoms with van der Waals surface area (Å²) >= 11 is 3.24. The van der Waals surface area contributed by atoms with E-state index >= 15 is 0 Å². The van der Waals surface area contributed by atoms with Gasteiger partial charge in [-0.15, -0.1) is 0 Å². The van der Waals surface area contributed by atoms with Crippen LogP contribution in [0.1, 0.15) is 32.3 Å². The van der Waals surface area contributed by atoms with Crippen LogP contribution in [0.5, 0.6) is 0 Å². The molecule has 0 saturated heterocycles. The predicted octanol–water partition coefficient (Wildman–Crippen LogP) is 2.75. The first-order valence-corrected chi connectivity index (χ1v) is 7.66. The minimum absolute atomic E-state index is 0.00922. The molecular weight excluding hydrogens is 338 g/mol. The van der Waals surface area contributed by atoms with Crippen LogP contribution in [0.15, 0.2) is 22.7 Å². The van der Waals surface area contributed by atoms with Gasteiger partial charge in [-0.25, -0.2) is 0 Å². The Bertz CT molecular complexity index is 508. The third-order valence-corrected chi connectivity index (χ3v) is 4.03. The lowest BCUT2D eigenvalue weighted by Crippen LogP contribution is -2.33. The van der Waals surface area contributed by atoms with Gasteiger partial charge in [0.2, 0.25) is 5.91 Å². The van der Waals surface area contributed by atoms with E-state index in [0.717, 1.165) is 12.0 Å². The van der Waals surface area contributed by atoms with E-state index < -0.39 is 4.92 Å². The second kappa shape index (κ2) is 8.74. The van der Waals surface area contributed by atoms with E-state index in [-0.39, 0.29) is 17.6 Å². The van der Waals surface area contributed by atoms with E-state index in [1.807, 2.05) is 19.9 Å². The summed E-state index contributed by atoms with van der Waals surface area (Å²) in [5, 5.41) is 16.8. The third kappa shape index (κ3) is 5.81. The Morgan fingerprint density at radius 1 is 1.48 bits per heavy atom. The van der Waals surface area contributed by atoms with Gasteiger partial charge in [-0.3, -0.25) is 14.9 Å². The van der Waals surface area contributed by atoms with Crippen molar-refractivity contribution in [2.45, 2.75) is 39.3 Å². The Hall–Kier alpha value is -1.47. The summed E-state index contributed by atoms with van der Waals surface area (Å²) in [6.45, 7) is 4.98. The summed E-state index contributed by atoms with van der Waals surface area (Å²) in [6, 6.07) is 5.09. The van der Waals surface area contributed by atoms with Crippen molar-refractivity contribution in [1.82, 2.24) is 10.6 Å². The van der Waals surface area contributed by atoms with E-state index in [9.17, 15) is 14.9 Å². The molecule has 1 aromatic carbocycles. The lowest BCUT2D eigenvalue weighted by Gasteiger charge is -2.11. The molecule has 6 nitrogen and oxygen atoms in total. The van der Waals surface area contributed by atoms with Crippen LogP contribution in [0.25, 0.3) is 0 Å². The summed E-state index contributed by atoms with van der Waals surface area (Å²) in [5.41, 5.74) is 0.843. The van der Waals surface area contributed by atoms with Crippen molar-refractivity contribution < 1.29 is 9.72 Å². The van der Waals surface area contributed by atoms with Crippen LogP contribution in [-0.4, -0.2) is 23.4 Å². The molecule has 0 radical (unpaired) electrons. The molecule has 1 rings (SSSR count). The first-order valence-electron chi connectivity index (χ1n) is 6.87. The van der Waals surface area contributed by atoms with Gasteiger partial charge in [0.25, 0.3) is 5.69 Å². The van der Waals surface area contributed by atoms with Crippen LogP contribution >= 0.6 is 15.9 Å². The quantitative estimate of drug-likeness (QED) is 0.425. The highest BCUT2D eigenvalue weighted by Gasteiger charge is 2.14. The summed E-state index contributed by atoms with van der Waals surface area (Å²) < 4.78 is 0.478. The van der Waals surface area contributed by atoms with Crippen LogP contribution in [0.2, 0.25) is 0 Å². The largest absolute Gasteiger partial charge is 0.354 e. The number of halogens is 1. The predicted molar refractivity (Wildman–Crippen MR) is 85.0 cm³/mol. The van der Waals surface area contributed by atoms with Gasteiger partial charge in [-0.1, -0.05) is 19.1 Å². The molecule has 0 saturated carbocycles. The number of nitro groups is 1. The average Bonchev–Trinajstić information content (AvgIpc) is 2.44. The molecule has 0 aliphatic rings. The van der Waals surface area contributed by atoms with Crippen LogP contribution in [0.3, 0.4) is 0 Å². The fraction of sp³-hybridized carbons (Fsp3) is 0.500. The van der Waals surface area contributed by atoms with Crippen LogP contribution in [0.4, 0.5) is 5.69 Å². The maximum atomic E-state index is 11.6. The zero-order valence-electron chi connectivity index (χ0n) is 12.2. The van der Waals surface area contributed by atoms with Gasteiger partial charge in [0.05, 0.1) is 9.40 Å². The molecule has 1 unspecified atom stereocenters. The van der Waals surface area contributed by atoms with Crippen LogP contribution in [0, 0.1) is 10.1 Å². The highest BCUT2D eigenvalue weighted by atomic mass is 79.9. The Kier molecular flexibility index (Phi) is 7.31. The van der Waals surface area contributed by atoms with Crippen molar-refractivity contribution in [1.29, 1.82) is 0 Å². The highest BCUT2D eigenvalue weighted by molar-refractivity contribution is 9.10. The van der Waals surface area contributed by atoms with E-state index in [4.69, 9.17) is 0 Å². The van der Waals surface area contributed by atoms with Gasteiger partial charge in [0.15, 0.2) is 0 Å². The zero-order chi connectivity index (χ0) is 15.8. The molecule has 1 aromatic rings. The SMILES string of the molecule is CCC(C)NC(=O)CCNCc1cccc([N+](=O)[O-])c1Br. The Balaban J connectivity index is 2.41. The van der Waals surface area contributed by atoms with Crippen molar-refractivity contribution in [3.05, 3.63) is 38.3 Å². The average molecular weight is 358 g/mol. The second-order valence-corrected chi connectivity index (χ2v) is 5.60. The Morgan fingerprint density at radius 3 is 2.81 bits per heavy atom. The summed E-state index contributed by atoms with van der Waals surface area (Å²) in [5.74, 6) is 0.00922. The monoisotopic (exact) mass is 357 g/mol. The lowest BCUT2D eigenvalue weighted by atomic mass is 10.2. The Labute approximate surface area is 132 Å². The smallest absolute Gasteiger partial charge is 0.283 e. The molecule has 0 fully saturated rings. The van der Waals surface area contributed by atoms with Gasteiger partial charge < -0.3 is 10.6 Å². The topological polar surface area (TPSA) is 84.3 Å². The molecule has 7 heteroatoms. The van der Waals surface area contributed by atoms with Gasteiger partial charge in [0, 0.05) is 31.6 Å². The number of rotatable bonds is 8. The summed E-state index contributed by atoms with van der Waals surface area (Å²) in [7, 11) is 0. The number of nitro benzene ring substituents is 1. The molecule has 116 valence electrons. The van der Waals surface area contributed by atoms with Crippen molar-refractivity contribution in [2.75, 3.05) is 6.54 Å². The normalized spacial score (nSPS) is 12.0. The summed E-state index contributed by atoms with van der Waals surface area (Å²) in [4.78, 5) is 22.0. The first kappa shape index (κ1) is 17.6. The third-order valence-electron chi connectivity index (χ3n) is 3.12. The second-order valence-electron chi connectivity index (χ2n) is 4.81. The fourth-order valence-corrected chi connectivity index (χ4v) is 2.27. The number of nitrogens with zero attached hydrogens (tertiary/aromatic N) is 1. The van der Waals surface area contributed by atoms with Crippen molar-refractivity contribution in [2.24, 2.45) is 0 Å². The van der Waals surface area contributed by atoms with E-state index in [0.29, 0.717) is 24.0 Å². The molecule has 0 aliphatic carbocycles. The number of amides is 1. The van der Waals surface area contributed by atoms with Gasteiger partial charge in [-0.2, -0.15) is 0 Å². The standard InChI is InChI=1S/C14H20BrN3O3/c1-3-10(2)17-13(19)7-8-16-9-11-5-4-6-12(14(11)15)18(20)21/h4-6,10,16H,3,7-9H2,1-2H3,(H,17,19). The zero-order valence-corrected chi connectivity index (χ0v) is 13.8. The molecule has 0 heterocycles. The van der Waals surface area contributed by atoms with Gasteiger partial charge in [0.1, 0.15) is 0 Å². The molecule has 21 heavy (non-hydrogen) atoms. The number of nitrogens with one attached hydrogen (secondary N) is 2. The number of benzene rings is 1. The maximum Gasteiger partial charge on any atom is 0.283 e. The minimum atomic E-state index is -0.423. The van der Waals surface area contributed by atoms with Gasteiger partial charge >= 0.3 is 0 Å². The first-order chi connectivity index (χ1) is 9.95. The molecule has 2 N–H and O–H groups in total. The number of hydrogen-bond acceptors (Lipinski definition) is 4. The molecule has 0 bridgehead atoms. The molecule has 1 amide bonds. The van der Waals surface area contributed by atoms with Crippen LogP contribution in [-0.2, 0) is 11.3 Å².